The molecular formula is C37H32N4O5S. The Kier molecular flexibility index (Phi) is 8.19. The van der Waals surface area contributed by atoms with E-state index in [2.05, 4.69) is 14.9 Å². The van der Waals surface area contributed by atoms with Gasteiger partial charge in [-0.2, -0.15) is 0 Å². The van der Waals surface area contributed by atoms with Crippen molar-refractivity contribution < 1.29 is 22.7 Å². The second kappa shape index (κ2) is 12.7. The fourth-order valence-electron chi connectivity index (χ4n) is 5.93. The molecule has 0 radical (unpaired) electrons. The summed E-state index contributed by atoms with van der Waals surface area (Å²) >= 11 is 0. The number of ether oxygens (including phenoxy) is 2. The Morgan fingerprint density at radius 2 is 1.53 bits per heavy atom. The van der Waals surface area contributed by atoms with Crippen LogP contribution in [-0.4, -0.2) is 52.7 Å². The number of carbonyl (C=O) groups excluding carboxylic acids is 1. The molecule has 2 N–H and O–H groups in total. The molecule has 5 aromatic carbocycles. The number of rotatable bonds is 8. The van der Waals surface area contributed by atoms with Crippen molar-refractivity contribution in [2.45, 2.75) is 4.90 Å². The Morgan fingerprint density at radius 3 is 2.36 bits per heavy atom. The van der Waals surface area contributed by atoms with E-state index in [0.29, 0.717) is 71.3 Å². The molecule has 0 atom stereocenters. The van der Waals surface area contributed by atoms with Crippen LogP contribution >= 0.6 is 0 Å². The zero-order valence-corrected chi connectivity index (χ0v) is 26.5. The van der Waals surface area contributed by atoms with Crippen LogP contribution in [0, 0.1) is 0 Å². The van der Waals surface area contributed by atoms with Crippen molar-refractivity contribution in [1.82, 2.24) is 4.98 Å². The van der Waals surface area contributed by atoms with Gasteiger partial charge in [0, 0.05) is 24.0 Å². The third-order valence-electron chi connectivity index (χ3n) is 8.26. The maximum Gasteiger partial charge on any atom is 0.262 e. The molecule has 1 aromatic heterocycles. The van der Waals surface area contributed by atoms with Gasteiger partial charge in [-0.25, -0.2) is 13.4 Å². The molecule has 10 heteroatoms. The fraction of sp³-hybridized carbons (Fsp3) is 0.135. The van der Waals surface area contributed by atoms with Gasteiger partial charge in [0.25, 0.3) is 15.9 Å². The number of hydrogen-bond donors (Lipinski definition) is 2. The molecule has 1 amide bonds. The van der Waals surface area contributed by atoms with Crippen LogP contribution in [0.2, 0.25) is 0 Å². The van der Waals surface area contributed by atoms with Gasteiger partial charge in [0.05, 0.1) is 59.1 Å². The molecule has 0 unspecified atom stereocenters. The van der Waals surface area contributed by atoms with Gasteiger partial charge in [0.2, 0.25) is 0 Å². The predicted octanol–water partition coefficient (Wildman–Crippen LogP) is 6.95. The highest BCUT2D eigenvalue weighted by molar-refractivity contribution is 7.92. The van der Waals surface area contributed by atoms with Crippen LogP contribution in [0.1, 0.15) is 10.4 Å². The minimum Gasteiger partial charge on any atom is -0.495 e. The molecule has 1 saturated heterocycles. The highest BCUT2D eigenvalue weighted by Crippen LogP contribution is 2.34. The van der Waals surface area contributed by atoms with E-state index in [4.69, 9.17) is 14.5 Å². The molecule has 0 bridgehead atoms. The third kappa shape index (κ3) is 6.08. The van der Waals surface area contributed by atoms with Crippen molar-refractivity contribution in [3.63, 3.8) is 0 Å². The smallest absolute Gasteiger partial charge is 0.262 e. The lowest BCUT2D eigenvalue weighted by molar-refractivity contribution is 0.102. The zero-order chi connectivity index (χ0) is 32.4. The van der Waals surface area contributed by atoms with Gasteiger partial charge in [0.15, 0.2) is 0 Å². The van der Waals surface area contributed by atoms with E-state index < -0.39 is 10.0 Å². The summed E-state index contributed by atoms with van der Waals surface area (Å²) in [5.41, 5.74) is 4.05. The van der Waals surface area contributed by atoms with E-state index in [-0.39, 0.29) is 10.8 Å². The summed E-state index contributed by atoms with van der Waals surface area (Å²) in [6, 6.07) is 35.0. The SMILES string of the molecule is COc1ccccc1NS(=O)(=O)c1ccc(N2CCOCC2)c(NC(=O)c2cc(-c3cccc4ccccc34)nc3ccccc23)c1. The number of nitrogens with zero attached hydrogens (tertiary/aromatic N) is 2. The first-order valence-electron chi connectivity index (χ1n) is 15.2. The molecule has 2 heterocycles. The van der Waals surface area contributed by atoms with Crippen LogP contribution < -0.4 is 19.7 Å². The molecule has 6 aromatic rings. The minimum absolute atomic E-state index is 0.00764. The number of methoxy groups -OCH3 is 1. The molecule has 7 rings (SSSR count). The lowest BCUT2D eigenvalue weighted by atomic mass is 9.99. The number of pyridine rings is 1. The molecule has 0 spiro atoms. The van der Waals surface area contributed by atoms with Crippen LogP contribution in [0.4, 0.5) is 17.1 Å². The highest BCUT2D eigenvalue weighted by atomic mass is 32.2. The summed E-state index contributed by atoms with van der Waals surface area (Å²) in [4.78, 5) is 21.3. The molecule has 236 valence electrons. The number of sulfonamides is 1. The average Bonchev–Trinajstić information content (AvgIpc) is 3.11. The van der Waals surface area contributed by atoms with Crippen LogP contribution in [0.25, 0.3) is 32.9 Å². The maximum atomic E-state index is 14.3. The van der Waals surface area contributed by atoms with Crippen molar-refractivity contribution in [2.75, 3.05) is 48.4 Å². The van der Waals surface area contributed by atoms with E-state index in [1.54, 1.807) is 42.5 Å². The Hall–Kier alpha value is -5.45. The molecule has 1 aliphatic heterocycles. The van der Waals surface area contributed by atoms with Crippen molar-refractivity contribution >= 4 is 54.7 Å². The number of nitrogens with one attached hydrogen (secondary N) is 2. The molecule has 1 fully saturated rings. The first kappa shape index (κ1) is 30.2. The summed E-state index contributed by atoms with van der Waals surface area (Å²) in [5, 5.41) is 5.85. The first-order chi connectivity index (χ1) is 22.9. The largest absolute Gasteiger partial charge is 0.495 e. The van der Waals surface area contributed by atoms with Crippen LogP contribution in [0.3, 0.4) is 0 Å². The quantitative estimate of drug-likeness (QED) is 0.185. The number of para-hydroxylation sites is 3. The first-order valence-corrected chi connectivity index (χ1v) is 16.7. The topological polar surface area (TPSA) is 110 Å². The zero-order valence-electron chi connectivity index (χ0n) is 25.6. The van der Waals surface area contributed by atoms with Gasteiger partial charge < -0.3 is 19.7 Å². The number of anilines is 3. The monoisotopic (exact) mass is 644 g/mol. The molecule has 0 saturated carbocycles. The lowest BCUT2D eigenvalue weighted by Gasteiger charge is -2.31. The number of morpholine rings is 1. The van der Waals surface area contributed by atoms with Crippen LogP contribution in [-0.2, 0) is 14.8 Å². The Morgan fingerprint density at radius 1 is 0.809 bits per heavy atom. The predicted molar refractivity (Wildman–Crippen MR) is 186 cm³/mol. The van der Waals surface area contributed by atoms with Gasteiger partial charge in [-0.1, -0.05) is 72.8 Å². The normalized spacial score (nSPS) is 13.4. The van der Waals surface area contributed by atoms with E-state index in [0.717, 1.165) is 16.3 Å². The molecule has 1 aliphatic rings. The summed E-state index contributed by atoms with van der Waals surface area (Å²) in [6.45, 7) is 2.23. The van der Waals surface area contributed by atoms with Crippen LogP contribution in [0.5, 0.6) is 5.75 Å². The third-order valence-corrected chi connectivity index (χ3v) is 9.62. The molecule has 9 nitrogen and oxygen atoms in total. The van der Waals surface area contributed by atoms with Crippen molar-refractivity contribution in [3.05, 3.63) is 121 Å². The van der Waals surface area contributed by atoms with E-state index in [1.165, 1.54) is 13.2 Å². The number of amides is 1. The summed E-state index contributed by atoms with van der Waals surface area (Å²) in [5.74, 6) is 0.00735. The Bertz CT molecular complexity index is 2230. The van der Waals surface area contributed by atoms with E-state index >= 15 is 0 Å². The second-order valence-corrected chi connectivity index (χ2v) is 12.8. The molecule has 0 aliphatic carbocycles. The summed E-state index contributed by atoms with van der Waals surface area (Å²) in [7, 11) is -2.57. The second-order valence-electron chi connectivity index (χ2n) is 11.1. The van der Waals surface area contributed by atoms with Gasteiger partial charge in [0.1, 0.15) is 5.75 Å². The van der Waals surface area contributed by atoms with Gasteiger partial charge in [-0.05, 0) is 53.2 Å². The van der Waals surface area contributed by atoms with Gasteiger partial charge in [-0.15, -0.1) is 0 Å². The standard InChI is InChI=1S/C37H32N4O5S/c1-45-36-16-7-6-15-32(36)40-47(43,44)26-17-18-35(41-19-21-46-22-20-41)34(23-26)39-37(42)30-24-33(38-31-14-5-4-12-29(30)31)28-13-8-10-25-9-2-3-11-27(25)28/h2-18,23-24,40H,19-22H2,1H3,(H,39,42). The minimum atomic E-state index is -4.05. The molecular weight excluding hydrogens is 612 g/mol. The maximum absolute atomic E-state index is 14.3. The summed E-state index contributed by atoms with van der Waals surface area (Å²) in [6.07, 6.45) is 0. The average molecular weight is 645 g/mol. The Balaban J connectivity index is 1.31. The van der Waals surface area contributed by atoms with Crippen molar-refractivity contribution in [3.8, 4) is 17.0 Å². The fourth-order valence-corrected chi connectivity index (χ4v) is 7.03. The molecule has 47 heavy (non-hydrogen) atoms. The highest BCUT2D eigenvalue weighted by Gasteiger charge is 2.23. The number of fused-ring (bicyclic) bond motifs is 2. The summed E-state index contributed by atoms with van der Waals surface area (Å²) < 4.78 is 40.8. The van der Waals surface area contributed by atoms with Gasteiger partial charge in [-0.3, -0.25) is 9.52 Å². The van der Waals surface area contributed by atoms with E-state index in [1.807, 2.05) is 66.7 Å². The van der Waals surface area contributed by atoms with E-state index in [9.17, 15) is 13.2 Å². The van der Waals surface area contributed by atoms with Crippen molar-refractivity contribution in [1.29, 1.82) is 0 Å². The Labute approximate surface area is 272 Å². The number of hydrogen-bond acceptors (Lipinski definition) is 7. The number of benzene rings is 5. The number of carbonyl (C=O) groups is 1. The van der Waals surface area contributed by atoms with Crippen LogP contribution in [0.15, 0.2) is 120 Å². The van der Waals surface area contributed by atoms with Gasteiger partial charge >= 0.3 is 0 Å². The van der Waals surface area contributed by atoms with Crippen molar-refractivity contribution in [2.24, 2.45) is 0 Å². The number of aromatic nitrogens is 1. The lowest BCUT2D eigenvalue weighted by Crippen LogP contribution is -2.36.